The lowest BCUT2D eigenvalue weighted by atomic mass is 10.2. The Morgan fingerprint density at radius 3 is 2.70 bits per heavy atom. The van der Waals surface area contributed by atoms with E-state index in [4.69, 9.17) is 5.73 Å². The number of aromatic nitrogens is 2. The number of H-pyrrole nitrogens is 1. The van der Waals surface area contributed by atoms with Gasteiger partial charge >= 0.3 is 5.69 Å². The number of hydrogen-bond acceptors (Lipinski definition) is 5. The molecule has 2 aromatic rings. The van der Waals surface area contributed by atoms with E-state index < -0.39 is 11.2 Å². The number of nitrogens with one attached hydrogen (secondary N) is 1. The van der Waals surface area contributed by atoms with Crippen LogP contribution in [0.4, 0.5) is 11.5 Å². The summed E-state index contributed by atoms with van der Waals surface area (Å²) in [5, 5.41) is 0. The van der Waals surface area contributed by atoms with Gasteiger partial charge in [-0.25, -0.2) is 4.79 Å². The third-order valence-electron chi connectivity index (χ3n) is 4.15. The Hall–Kier alpha value is -2.00. The first-order valence-electron chi connectivity index (χ1n) is 8.54. The van der Waals surface area contributed by atoms with Gasteiger partial charge in [0.25, 0.3) is 5.56 Å². The molecule has 0 atom stereocenters. The summed E-state index contributed by atoms with van der Waals surface area (Å²) in [6, 6.07) is 5.82. The van der Waals surface area contributed by atoms with Crippen LogP contribution in [0.5, 0.6) is 0 Å². The van der Waals surface area contributed by atoms with Crippen molar-refractivity contribution < 1.29 is 4.79 Å². The van der Waals surface area contributed by atoms with Crippen LogP contribution in [0.15, 0.2) is 37.2 Å². The number of rotatable bonds is 7. The van der Waals surface area contributed by atoms with E-state index in [1.165, 1.54) is 28.3 Å². The fourth-order valence-corrected chi connectivity index (χ4v) is 3.97. The largest absolute Gasteiger partial charge is 0.383 e. The standard InChI is InChI=1S/C18H23BrN4O3S/c1-4-5-8-23-16(20)15(17(25)21-18(23)26)22(3)14(24)10-27-13-7-6-12(19)9-11(13)2/h6-7,9H,4-5,8,10,20H2,1-3H3,(H,21,25,26). The number of halogens is 1. The molecule has 1 aromatic heterocycles. The fourth-order valence-electron chi connectivity index (χ4n) is 2.58. The van der Waals surface area contributed by atoms with E-state index in [0.717, 1.165) is 27.8 Å². The minimum atomic E-state index is -0.661. The summed E-state index contributed by atoms with van der Waals surface area (Å²) >= 11 is 4.80. The Balaban J connectivity index is 2.23. The number of nitrogens with zero attached hydrogens (tertiary/aromatic N) is 2. The maximum atomic E-state index is 12.6. The van der Waals surface area contributed by atoms with Crippen LogP contribution in [-0.4, -0.2) is 28.3 Å². The van der Waals surface area contributed by atoms with Crippen molar-refractivity contribution in [3.63, 3.8) is 0 Å². The molecular formula is C18H23BrN4O3S. The lowest BCUT2D eigenvalue weighted by molar-refractivity contribution is -0.115. The van der Waals surface area contributed by atoms with Gasteiger partial charge in [-0.3, -0.25) is 19.1 Å². The van der Waals surface area contributed by atoms with E-state index in [-0.39, 0.29) is 23.2 Å². The summed E-state index contributed by atoms with van der Waals surface area (Å²) < 4.78 is 2.28. The van der Waals surface area contributed by atoms with E-state index >= 15 is 0 Å². The van der Waals surface area contributed by atoms with Gasteiger partial charge in [0.05, 0.1) is 5.75 Å². The highest BCUT2D eigenvalue weighted by molar-refractivity contribution is 9.10. The van der Waals surface area contributed by atoms with Gasteiger partial charge in [0.2, 0.25) is 5.91 Å². The molecule has 0 aliphatic rings. The number of aromatic amines is 1. The van der Waals surface area contributed by atoms with Crippen molar-refractivity contribution in [2.75, 3.05) is 23.4 Å². The third-order valence-corrected chi connectivity index (χ3v) is 5.80. The SMILES string of the molecule is CCCCn1c(N)c(N(C)C(=O)CSc2ccc(Br)cc2C)c(=O)[nH]c1=O. The second-order valence-corrected chi connectivity index (χ2v) is 8.08. The van der Waals surface area contributed by atoms with Gasteiger partial charge in [-0.15, -0.1) is 11.8 Å². The number of aryl methyl sites for hydroxylation is 1. The second-order valence-electron chi connectivity index (χ2n) is 6.15. The topological polar surface area (TPSA) is 101 Å². The van der Waals surface area contributed by atoms with Crippen LogP contribution in [0.1, 0.15) is 25.3 Å². The van der Waals surface area contributed by atoms with Crippen LogP contribution in [-0.2, 0) is 11.3 Å². The van der Waals surface area contributed by atoms with Gasteiger partial charge in [0.15, 0.2) is 5.69 Å². The van der Waals surface area contributed by atoms with Gasteiger partial charge in [0.1, 0.15) is 5.82 Å². The van der Waals surface area contributed by atoms with Gasteiger partial charge in [-0.05, 0) is 37.1 Å². The minimum Gasteiger partial charge on any atom is -0.383 e. The summed E-state index contributed by atoms with van der Waals surface area (Å²) in [4.78, 5) is 41.3. The third kappa shape index (κ3) is 5.04. The van der Waals surface area contributed by atoms with Crippen LogP contribution in [0, 0.1) is 6.92 Å². The van der Waals surface area contributed by atoms with Crippen molar-refractivity contribution in [2.45, 2.75) is 38.1 Å². The number of carbonyl (C=O) groups excluding carboxylic acids is 1. The molecule has 1 amide bonds. The van der Waals surface area contributed by atoms with Gasteiger partial charge in [0, 0.05) is 23.0 Å². The summed E-state index contributed by atoms with van der Waals surface area (Å²) in [7, 11) is 1.49. The van der Waals surface area contributed by atoms with Crippen molar-refractivity contribution in [3.05, 3.63) is 49.1 Å². The first-order chi connectivity index (χ1) is 12.8. The smallest absolute Gasteiger partial charge is 0.330 e. The number of anilines is 2. The molecule has 27 heavy (non-hydrogen) atoms. The normalized spacial score (nSPS) is 10.8. The molecule has 146 valence electrons. The number of nitrogens with two attached hydrogens (primary N) is 1. The maximum Gasteiger partial charge on any atom is 0.330 e. The van der Waals surface area contributed by atoms with Gasteiger partial charge in [-0.1, -0.05) is 29.3 Å². The number of thioether (sulfide) groups is 1. The molecule has 0 spiro atoms. The molecule has 3 N–H and O–H groups in total. The number of amides is 1. The fraction of sp³-hybridized carbons (Fsp3) is 0.389. The highest BCUT2D eigenvalue weighted by Crippen LogP contribution is 2.26. The first kappa shape index (κ1) is 21.3. The van der Waals surface area contributed by atoms with Crippen molar-refractivity contribution in [3.8, 4) is 0 Å². The van der Waals surface area contributed by atoms with Crippen LogP contribution in [0.3, 0.4) is 0 Å². The lowest BCUT2D eigenvalue weighted by Crippen LogP contribution is -2.39. The molecule has 1 aromatic carbocycles. The molecule has 1 heterocycles. The highest BCUT2D eigenvalue weighted by Gasteiger charge is 2.21. The molecule has 0 fully saturated rings. The summed E-state index contributed by atoms with van der Waals surface area (Å²) in [6.45, 7) is 4.35. The molecule has 0 aliphatic heterocycles. The Kier molecular flexibility index (Phi) is 7.32. The van der Waals surface area contributed by atoms with Crippen molar-refractivity contribution in [1.29, 1.82) is 0 Å². The van der Waals surface area contributed by atoms with Crippen LogP contribution < -0.4 is 21.9 Å². The Morgan fingerprint density at radius 2 is 2.07 bits per heavy atom. The van der Waals surface area contributed by atoms with Crippen molar-refractivity contribution in [1.82, 2.24) is 9.55 Å². The summed E-state index contributed by atoms with van der Waals surface area (Å²) in [6.07, 6.45) is 1.62. The van der Waals surface area contributed by atoms with Crippen molar-refractivity contribution >= 4 is 45.1 Å². The predicted octanol–water partition coefficient (Wildman–Crippen LogP) is 2.74. The first-order valence-corrected chi connectivity index (χ1v) is 10.3. The number of hydrogen-bond donors (Lipinski definition) is 2. The van der Waals surface area contributed by atoms with E-state index in [1.54, 1.807) is 0 Å². The monoisotopic (exact) mass is 454 g/mol. The highest BCUT2D eigenvalue weighted by atomic mass is 79.9. The van der Waals surface area contributed by atoms with Gasteiger partial charge in [-0.2, -0.15) is 0 Å². The predicted molar refractivity (Wildman–Crippen MR) is 114 cm³/mol. The molecule has 0 saturated carbocycles. The minimum absolute atomic E-state index is 0.00355. The number of nitrogen functional groups attached to an aromatic ring is 1. The van der Waals surface area contributed by atoms with Crippen LogP contribution in [0.2, 0.25) is 0 Å². The molecule has 0 bridgehead atoms. The molecule has 7 nitrogen and oxygen atoms in total. The average Bonchev–Trinajstić information content (AvgIpc) is 2.60. The zero-order valence-electron chi connectivity index (χ0n) is 15.5. The molecule has 0 saturated heterocycles. The molecule has 0 unspecified atom stereocenters. The van der Waals surface area contributed by atoms with E-state index in [1.807, 2.05) is 32.0 Å². The lowest BCUT2D eigenvalue weighted by Gasteiger charge is -2.20. The number of benzene rings is 1. The summed E-state index contributed by atoms with van der Waals surface area (Å²) in [5.41, 5.74) is 5.88. The maximum absolute atomic E-state index is 12.6. The van der Waals surface area contributed by atoms with Crippen LogP contribution in [0.25, 0.3) is 0 Å². The number of carbonyl (C=O) groups is 1. The van der Waals surface area contributed by atoms with Gasteiger partial charge < -0.3 is 10.6 Å². The second kappa shape index (κ2) is 9.27. The molecule has 0 aliphatic carbocycles. The van der Waals surface area contributed by atoms with Crippen LogP contribution >= 0.6 is 27.7 Å². The summed E-state index contributed by atoms with van der Waals surface area (Å²) in [5.74, 6) is -0.121. The zero-order valence-corrected chi connectivity index (χ0v) is 17.9. The number of unbranched alkanes of at least 4 members (excludes halogenated alkanes) is 1. The zero-order chi connectivity index (χ0) is 20.1. The quantitative estimate of drug-likeness (QED) is 0.626. The van der Waals surface area contributed by atoms with E-state index in [2.05, 4.69) is 20.9 Å². The molecule has 9 heteroatoms. The molecule has 2 rings (SSSR count). The molecular weight excluding hydrogens is 432 g/mol. The van der Waals surface area contributed by atoms with E-state index in [0.29, 0.717) is 6.54 Å². The Labute approximate surface area is 170 Å². The van der Waals surface area contributed by atoms with Crippen molar-refractivity contribution in [2.24, 2.45) is 0 Å². The Bertz CT molecular complexity index is 955. The average molecular weight is 455 g/mol. The molecule has 0 radical (unpaired) electrons. The van der Waals surface area contributed by atoms with E-state index in [9.17, 15) is 14.4 Å². The Morgan fingerprint density at radius 1 is 1.37 bits per heavy atom.